The topological polar surface area (TPSA) is 37.3 Å². The fourth-order valence-electron chi connectivity index (χ4n) is 1.97. The van der Waals surface area contributed by atoms with Crippen molar-refractivity contribution in [3.63, 3.8) is 0 Å². The van der Waals surface area contributed by atoms with Gasteiger partial charge in [-0.25, -0.2) is 8.78 Å². The Labute approximate surface area is 110 Å². The van der Waals surface area contributed by atoms with Crippen molar-refractivity contribution in [3.05, 3.63) is 35.4 Å². The zero-order valence-electron chi connectivity index (χ0n) is 9.83. The summed E-state index contributed by atoms with van der Waals surface area (Å²) in [7, 11) is 0. The fraction of sp³-hybridized carbons (Fsp3) is 0.462. The molecule has 0 saturated heterocycles. The molecular formula is C13H15ClF2O2. The van der Waals surface area contributed by atoms with E-state index in [0.29, 0.717) is 18.9 Å². The summed E-state index contributed by atoms with van der Waals surface area (Å²) < 4.78 is 27.2. The largest absolute Gasteiger partial charge is 0.481 e. The molecule has 0 aromatic rings. The Morgan fingerprint density at radius 3 is 2.78 bits per heavy atom. The number of carboxylic acid groups (broad SMARTS) is 1. The summed E-state index contributed by atoms with van der Waals surface area (Å²) >= 11 is 5.60. The van der Waals surface area contributed by atoms with Gasteiger partial charge in [0.25, 0.3) is 5.92 Å². The molecule has 0 radical (unpaired) electrons. The van der Waals surface area contributed by atoms with Gasteiger partial charge in [0.15, 0.2) is 0 Å². The first-order valence-electron chi connectivity index (χ1n) is 5.69. The van der Waals surface area contributed by atoms with Gasteiger partial charge in [-0.1, -0.05) is 17.7 Å². The van der Waals surface area contributed by atoms with Gasteiger partial charge < -0.3 is 5.11 Å². The van der Waals surface area contributed by atoms with Crippen LogP contribution in [-0.4, -0.2) is 17.0 Å². The van der Waals surface area contributed by atoms with Crippen molar-refractivity contribution in [2.45, 2.75) is 31.6 Å². The van der Waals surface area contributed by atoms with Crippen LogP contribution in [0.2, 0.25) is 0 Å². The van der Waals surface area contributed by atoms with Gasteiger partial charge in [-0.15, -0.1) is 6.58 Å². The molecule has 0 bridgehead atoms. The van der Waals surface area contributed by atoms with Gasteiger partial charge in [-0.3, -0.25) is 4.79 Å². The third kappa shape index (κ3) is 3.67. The highest BCUT2D eigenvalue weighted by Gasteiger charge is 2.46. The van der Waals surface area contributed by atoms with E-state index in [1.54, 1.807) is 6.08 Å². The van der Waals surface area contributed by atoms with Crippen molar-refractivity contribution in [2.24, 2.45) is 5.92 Å². The van der Waals surface area contributed by atoms with Gasteiger partial charge in [0, 0.05) is 11.1 Å². The number of unbranched alkanes of at least 4 members (excludes halogenated alkanes) is 2. The molecule has 0 spiro atoms. The first-order chi connectivity index (χ1) is 8.38. The van der Waals surface area contributed by atoms with Crippen LogP contribution in [0.3, 0.4) is 0 Å². The number of alkyl halides is 2. The van der Waals surface area contributed by atoms with Gasteiger partial charge in [-0.05, 0) is 37.3 Å². The lowest BCUT2D eigenvalue weighted by Gasteiger charge is -2.27. The first kappa shape index (κ1) is 14.9. The number of carboxylic acids is 1. The molecule has 5 heteroatoms. The maximum atomic E-state index is 13.6. The molecule has 1 unspecified atom stereocenters. The minimum absolute atomic E-state index is 0.101. The summed E-state index contributed by atoms with van der Waals surface area (Å²) in [5, 5.41) is 8.82. The van der Waals surface area contributed by atoms with E-state index in [4.69, 9.17) is 16.7 Å². The normalized spacial score (nSPS) is 22.1. The van der Waals surface area contributed by atoms with Gasteiger partial charge in [0.05, 0.1) is 0 Å². The molecule has 0 aromatic heterocycles. The fourth-order valence-corrected chi connectivity index (χ4v) is 2.26. The third-order valence-corrected chi connectivity index (χ3v) is 3.00. The molecule has 18 heavy (non-hydrogen) atoms. The van der Waals surface area contributed by atoms with E-state index in [1.165, 1.54) is 6.08 Å². The van der Waals surface area contributed by atoms with E-state index in [9.17, 15) is 13.6 Å². The highest BCUT2D eigenvalue weighted by molar-refractivity contribution is 6.31. The van der Waals surface area contributed by atoms with Crippen LogP contribution in [0.5, 0.6) is 0 Å². The molecule has 0 heterocycles. The maximum Gasteiger partial charge on any atom is 0.317 e. The van der Waals surface area contributed by atoms with E-state index in [1.807, 2.05) is 0 Å². The molecule has 0 amide bonds. The highest BCUT2D eigenvalue weighted by atomic mass is 35.5. The predicted octanol–water partition coefficient (Wildman–Crippen LogP) is 4.13. The lowest BCUT2D eigenvalue weighted by molar-refractivity contribution is -0.149. The molecule has 1 rings (SSSR count). The standard InChI is InChI=1S/C13H15ClF2O2/c1-2-3-4-5-6-9-7-10(14)8-13(15,16)11(9)12(17)18/h2,7-8,11H,1,3-6H2,(H,17,18). The van der Waals surface area contributed by atoms with Crippen molar-refractivity contribution < 1.29 is 18.7 Å². The Kier molecular flexibility index (Phi) is 5.08. The van der Waals surface area contributed by atoms with Crippen molar-refractivity contribution in [1.29, 1.82) is 0 Å². The number of hydrogen-bond donors (Lipinski definition) is 1. The van der Waals surface area contributed by atoms with Crippen molar-refractivity contribution in [2.75, 3.05) is 0 Å². The number of halogens is 3. The number of aliphatic carboxylic acids is 1. The summed E-state index contributed by atoms with van der Waals surface area (Å²) in [5.41, 5.74) is 0.184. The van der Waals surface area contributed by atoms with Crippen LogP contribution < -0.4 is 0 Å². The van der Waals surface area contributed by atoms with Gasteiger partial charge >= 0.3 is 5.97 Å². The minimum atomic E-state index is -3.43. The second kappa shape index (κ2) is 6.14. The molecule has 1 atom stereocenters. The maximum absolute atomic E-state index is 13.6. The first-order valence-corrected chi connectivity index (χ1v) is 6.06. The highest BCUT2D eigenvalue weighted by Crippen LogP contribution is 2.40. The molecule has 2 nitrogen and oxygen atoms in total. The summed E-state index contributed by atoms with van der Waals surface area (Å²) in [5.74, 6) is -6.75. The number of carbonyl (C=O) groups is 1. The number of hydrogen-bond acceptors (Lipinski definition) is 1. The Hall–Kier alpha value is -1.16. The predicted molar refractivity (Wildman–Crippen MR) is 66.8 cm³/mol. The molecule has 100 valence electrons. The average molecular weight is 277 g/mol. The second-order valence-electron chi connectivity index (χ2n) is 4.23. The van der Waals surface area contributed by atoms with Crippen LogP contribution >= 0.6 is 11.6 Å². The van der Waals surface area contributed by atoms with Crippen LogP contribution in [0.15, 0.2) is 35.4 Å². The monoisotopic (exact) mass is 276 g/mol. The molecular weight excluding hydrogens is 262 g/mol. The van der Waals surface area contributed by atoms with Crippen molar-refractivity contribution in [1.82, 2.24) is 0 Å². The van der Waals surface area contributed by atoms with Gasteiger partial charge in [0.1, 0.15) is 5.92 Å². The van der Waals surface area contributed by atoms with E-state index in [0.717, 1.165) is 12.8 Å². The van der Waals surface area contributed by atoms with E-state index in [-0.39, 0.29) is 10.6 Å². The van der Waals surface area contributed by atoms with Gasteiger partial charge in [-0.2, -0.15) is 0 Å². The quantitative estimate of drug-likeness (QED) is 0.585. The van der Waals surface area contributed by atoms with Crippen LogP contribution in [0.4, 0.5) is 8.78 Å². The summed E-state index contributed by atoms with van der Waals surface area (Å²) in [6, 6.07) is 0. The molecule has 0 fully saturated rings. The molecule has 1 aliphatic carbocycles. The van der Waals surface area contributed by atoms with Crippen LogP contribution in [0.25, 0.3) is 0 Å². The zero-order valence-corrected chi connectivity index (χ0v) is 10.6. The van der Waals surface area contributed by atoms with Gasteiger partial charge in [0.2, 0.25) is 0 Å². The SMILES string of the molecule is C=CCCCCC1=CC(Cl)=CC(F)(F)C1C(=O)O. The van der Waals surface area contributed by atoms with E-state index in [2.05, 4.69) is 6.58 Å². The smallest absolute Gasteiger partial charge is 0.317 e. The summed E-state index contributed by atoms with van der Waals surface area (Å²) in [6.45, 7) is 3.56. The van der Waals surface area contributed by atoms with Crippen LogP contribution in [0.1, 0.15) is 25.7 Å². The Morgan fingerprint density at radius 1 is 1.56 bits per heavy atom. The van der Waals surface area contributed by atoms with Crippen LogP contribution in [-0.2, 0) is 4.79 Å². The van der Waals surface area contributed by atoms with E-state index < -0.39 is 17.8 Å². The number of allylic oxidation sites excluding steroid dienone is 4. The second-order valence-corrected chi connectivity index (χ2v) is 4.67. The molecule has 1 aliphatic rings. The average Bonchev–Trinajstić information content (AvgIpc) is 2.21. The Morgan fingerprint density at radius 2 is 2.22 bits per heavy atom. The van der Waals surface area contributed by atoms with Crippen LogP contribution in [0, 0.1) is 5.92 Å². The minimum Gasteiger partial charge on any atom is -0.481 e. The lowest BCUT2D eigenvalue weighted by Crippen LogP contribution is -2.36. The summed E-state index contributed by atoms with van der Waals surface area (Å²) in [6.07, 6.45) is 6.11. The molecule has 0 aromatic carbocycles. The lowest BCUT2D eigenvalue weighted by atomic mass is 9.85. The number of rotatable bonds is 6. The van der Waals surface area contributed by atoms with Crippen molar-refractivity contribution >= 4 is 17.6 Å². The molecule has 0 saturated carbocycles. The molecule has 0 aliphatic heterocycles. The van der Waals surface area contributed by atoms with Crippen molar-refractivity contribution in [3.8, 4) is 0 Å². The Balaban J connectivity index is 2.81. The van der Waals surface area contributed by atoms with E-state index >= 15 is 0 Å². The molecule has 1 N–H and O–H groups in total. The zero-order chi connectivity index (χ0) is 13.8. The summed E-state index contributed by atoms with van der Waals surface area (Å²) in [4.78, 5) is 11.0. The Bertz CT molecular complexity index is 400. The third-order valence-electron chi connectivity index (χ3n) is 2.78.